The Morgan fingerprint density at radius 3 is 2.89 bits per heavy atom. The van der Waals surface area contributed by atoms with Crippen LogP contribution in [0.4, 0.5) is 0 Å². The molecule has 0 amide bonds. The van der Waals surface area contributed by atoms with Crippen LogP contribution in [0, 0.1) is 5.92 Å². The second kappa shape index (κ2) is 5.20. The van der Waals surface area contributed by atoms with Gasteiger partial charge in [0.05, 0.1) is 11.5 Å². The molecule has 1 aromatic heterocycles. The molecule has 0 aliphatic carbocycles. The van der Waals surface area contributed by atoms with Gasteiger partial charge in [-0.15, -0.1) is 0 Å². The molecule has 106 valence electrons. The largest absolute Gasteiger partial charge is 0.316 e. The molecule has 2 aliphatic rings. The van der Waals surface area contributed by atoms with Crippen molar-refractivity contribution in [1.29, 1.82) is 0 Å². The lowest BCUT2D eigenvalue weighted by molar-refractivity contribution is 0.447. The third-order valence-corrected chi connectivity index (χ3v) is 5.86. The molecule has 3 heterocycles. The van der Waals surface area contributed by atoms with Crippen molar-refractivity contribution < 1.29 is 8.42 Å². The van der Waals surface area contributed by atoms with Gasteiger partial charge < -0.3 is 5.32 Å². The van der Waals surface area contributed by atoms with Gasteiger partial charge in [-0.2, -0.15) is 5.10 Å². The van der Waals surface area contributed by atoms with Gasteiger partial charge in [0.1, 0.15) is 5.82 Å². The van der Waals surface area contributed by atoms with E-state index in [4.69, 9.17) is 0 Å². The molecule has 2 N–H and O–H groups in total. The van der Waals surface area contributed by atoms with Crippen molar-refractivity contribution in [3.8, 4) is 0 Å². The van der Waals surface area contributed by atoms with Gasteiger partial charge in [-0.05, 0) is 31.7 Å². The third kappa shape index (κ3) is 3.14. The molecule has 0 radical (unpaired) electrons. The number of nitrogens with zero attached hydrogens (tertiary/aromatic N) is 2. The average Bonchev–Trinajstić information content (AvgIpc) is 2.98. The summed E-state index contributed by atoms with van der Waals surface area (Å²) in [5.74, 6) is 2.94. The van der Waals surface area contributed by atoms with E-state index in [9.17, 15) is 8.42 Å². The first kappa shape index (κ1) is 13.1. The summed E-state index contributed by atoms with van der Waals surface area (Å²) in [5.41, 5.74) is 0. The van der Waals surface area contributed by atoms with E-state index in [0.29, 0.717) is 23.8 Å². The number of aromatic amines is 1. The van der Waals surface area contributed by atoms with Gasteiger partial charge in [0.2, 0.25) is 0 Å². The summed E-state index contributed by atoms with van der Waals surface area (Å²) in [6.07, 6.45) is 3.74. The van der Waals surface area contributed by atoms with Gasteiger partial charge in [-0.25, -0.2) is 13.4 Å². The maximum Gasteiger partial charge on any atom is 0.155 e. The maximum absolute atomic E-state index is 11.4. The van der Waals surface area contributed by atoms with Crippen LogP contribution in [0.1, 0.15) is 36.8 Å². The molecule has 3 rings (SSSR count). The molecule has 0 aromatic carbocycles. The van der Waals surface area contributed by atoms with Crippen molar-refractivity contribution in [2.75, 3.05) is 24.6 Å². The first-order valence-electron chi connectivity index (χ1n) is 6.95. The smallest absolute Gasteiger partial charge is 0.155 e. The average molecular weight is 284 g/mol. The Hall–Kier alpha value is -0.950. The fourth-order valence-corrected chi connectivity index (χ4v) is 4.82. The summed E-state index contributed by atoms with van der Waals surface area (Å²) in [6, 6.07) is 0. The van der Waals surface area contributed by atoms with Crippen LogP contribution in [-0.2, 0) is 16.3 Å². The lowest BCUT2D eigenvalue weighted by Gasteiger charge is -2.19. The Morgan fingerprint density at radius 2 is 2.21 bits per heavy atom. The Morgan fingerprint density at radius 1 is 1.32 bits per heavy atom. The molecule has 0 spiro atoms. The Labute approximate surface area is 113 Å². The summed E-state index contributed by atoms with van der Waals surface area (Å²) >= 11 is 0. The first-order chi connectivity index (χ1) is 9.12. The molecule has 2 atom stereocenters. The highest BCUT2D eigenvalue weighted by molar-refractivity contribution is 7.91. The number of hydrogen-bond donors (Lipinski definition) is 2. The SMILES string of the molecule is O=S1(=O)CCC(Cc2nc(C3CCCNC3)n[nH]2)C1. The predicted molar refractivity (Wildman–Crippen MR) is 71.7 cm³/mol. The molecule has 7 heteroatoms. The highest BCUT2D eigenvalue weighted by Crippen LogP contribution is 2.23. The highest BCUT2D eigenvalue weighted by atomic mass is 32.2. The lowest BCUT2D eigenvalue weighted by Crippen LogP contribution is -2.28. The van der Waals surface area contributed by atoms with Crippen LogP contribution < -0.4 is 5.32 Å². The van der Waals surface area contributed by atoms with Crippen LogP contribution >= 0.6 is 0 Å². The fourth-order valence-electron chi connectivity index (χ4n) is 2.96. The zero-order chi connectivity index (χ0) is 13.3. The number of hydrogen-bond acceptors (Lipinski definition) is 5. The summed E-state index contributed by atoms with van der Waals surface area (Å²) in [5, 5.41) is 10.6. The lowest BCUT2D eigenvalue weighted by atomic mass is 9.99. The molecule has 0 saturated carbocycles. The van der Waals surface area contributed by atoms with Crippen molar-refractivity contribution >= 4 is 9.84 Å². The quantitative estimate of drug-likeness (QED) is 0.830. The number of aromatic nitrogens is 3. The zero-order valence-corrected chi connectivity index (χ0v) is 11.7. The van der Waals surface area contributed by atoms with Crippen molar-refractivity contribution in [2.24, 2.45) is 5.92 Å². The van der Waals surface area contributed by atoms with E-state index in [1.165, 1.54) is 0 Å². The fraction of sp³-hybridized carbons (Fsp3) is 0.833. The number of nitrogens with one attached hydrogen (secondary N) is 2. The van der Waals surface area contributed by atoms with Crippen LogP contribution in [0.5, 0.6) is 0 Å². The second-order valence-corrected chi connectivity index (χ2v) is 7.89. The topological polar surface area (TPSA) is 87.7 Å². The number of H-pyrrole nitrogens is 1. The normalized spacial score (nSPS) is 30.5. The van der Waals surface area contributed by atoms with Crippen molar-refractivity contribution in [3.63, 3.8) is 0 Å². The summed E-state index contributed by atoms with van der Waals surface area (Å²) in [6.45, 7) is 2.02. The standard InChI is InChI=1S/C12H20N4O2S/c17-19(18)5-3-9(8-19)6-11-14-12(16-15-11)10-2-1-4-13-7-10/h9-10,13H,1-8H2,(H,14,15,16). The molecule has 2 aliphatic heterocycles. The molecule has 2 saturated heterocycles. The van der Waals surface area contributed by atoms with E-state index < -0.39 is 9.84 Å². The van der Waals surface area contributed by atoms with Gasteiger partial charge >= 0.3 is 0 Å². The van der Waals surface area contributed by atoms with Gasteiger partial charge in [0.15, 0.2) is 15.7 Å². The number of rotatable bonds is 3. The third-order valence-electron chi connectivity index (χ3n) is 4.02. The predicted octanol–water partition coefficient (Wildman–Crippen LogP) is 0.249. The van der Waals surface area contributed by atoms with Gasteiger partial charge in [0.25, 0.3) is 0 Å². The minimum atomic E-state index is -2.80. The van der Waals surface area contributed by atoms with E-state index in [2.05, 4.69) is 20.5 Å². The van der Waals surface area contributed by atoms with Crippen LogP contribution in [0.3, 0.4) is 0 Å². The maximum atomic E-state index is 11.4. The first-order valence-corrected chi connectivity index (χ1v) is 8.77. The summed E-state index contributed by atoms with van der Waals surface area (Å²) in [4.78, 5) is 4.54. The minimum Gasteiger partial charge on any atom is -0.316 e. The molecule has 19 heavy (non-hydrogen) atoms. The van der Waals surface area contributed by atoms with E-state index in [1.54, 1.807) is 0 Å². The van der Waals surface area contributed by atoms with E-state index in [-0.39, 0.29) is 5.92 Å². The Kier molecular flexibility index (Phi) is 3.58. The second-order valence-electron chi connectivity index (χ2n) is 5.66. The monoisotopic (exact) mass is 284 g/mol. The van der Waals surface area contributed by atoms with Gasteiger partial charge in [0, 0.05) is 18.9 Å². The van der Waals surface area contributed by atoms with Crippen molar-refractivity contribution in [2.45, 2.75) is 31.6 Å². The van der Waals surface area contributed by atoms with Gasteiger partial charge in [-0.3, -0.25) is 5.10 Å². The molecule has 6 nitrogen and oxygen atoms in total. The molecule has 1 aromatic rings. The number of piperidine rings is 1. The Balaban J connectivity index is 1.62. The molecule has 0 bridgehead atoms. The molecule has 2 fully saturated rings. The molecular formula is C12H20N4O2S. The number of sulfone groups is 1. The van der Waals surface area contributed by atoms with E-state index in [1.807, 2.05) is 0 Å². The Bertz CT molecular complexity index is 534. The molecule has 2 unspecified atom stereocenters. The van der Waals surface area contributed by atoms with Crippen LogP contribution in [-0.4, -0.2) is 48.2 Å². The van der Waals surface area contributed by atoms with E-state index in [0.717, 1.165) is 44.0 Å². The molecular weight excluding hydrogens is 264 g/mol. The van der Waals surface area contributed by atoms with E-state index >= 15 is 0 Å². The zero-order valence-electron chi connectivity index (χ0n) is 10.9. The summed E-state index contributed by atoms with van der Waals surface area (Å²) in [7, 11) is -2.80. The van der Waals surface area contributed by atoms with Crippen molar-refractivity contribution in [3.05, 3.63) is 11.6 Å². The van der Waals surface area contributed by atoms with Crippen molar-refractivity contribution in [1.82, 2.24) is 20.5 Å². The van der Waals surface area contributed by atoms with Crippen LogP contribution in [0.25, 0.3) is 0 Å². The van der Waals surface area contributed by atoms with Crippen LogP contribution in [0.15, 0.2) is 0 Å². The highest BCUT2D eigenvalue weighted by Gasteiger charge is 2.29. The van der Waals surface area contributed by atoms with Crippen LogP contribution in [0.2, 0.25) is 0 Å². The minimum absolute atomic E-state index is 0.204. The summed E-state index contributed by atoms with van der Waals surface area (Å²) < 4.78 is 22.9. The van der Waals surface area contributed by atoms with Gasteiger partial charge in [-0.1, -0.05) is 0 Å².